The van der Waals surface area contributed by atoms with Gasteiger partial charge < -0.3 is 5.11 Å². The van der Waals surface area contributed by atoms with Gasteiger partial charge in [0.25, 0.3) is 17.3 Å². The molecule has 21 heavy (non-hydrogen) atoms. The smallest absolute Gasteiger partial charge is 0.309 e. The predicted molar refractivity (Wildman–Crippen MR) is 70.8 cm³/mol. The lowest BCUT2D eigenvalue weighted by Gasteiger charge is -2.14. The molecule has 2 aromatic heterocycles. The van der Waals surface area contributed by atoms with Crippen molar-refractivity contribution in [1.29, 1.82) is 0 Å². The van der Waals surface area contributed by atoms with Gasteiger partial charge in [0, 0.05) is 17.8 Å². The van der Waals surface area contributed by atoms with Crippen LogP contribution in [0.5, 0.6) is 0 Å². The summed E-state index contributed by atoms with van der Waals surface area (Å²) >= 11 is 0. The first-order valence-corrected chi connectivity index (χ1v) is 6.38. The fourth-order valence-electron chi connectivity index (χ4n) is 2.44. The Morgan fingerprint density at radius 1 is 1.14 bits per heavy atom. The number of carbonyl (C=O) groups is 3. The molecule has 0 unspecified atom stereocenters. The van der Waals surface area contributed by atoms with Crippen LogP contribution in [0.25, 0.3) is 11.1 Å². The molecule has 0 aliphatic heterocycles. The Morgan fingerprint density at radius 3 is 2.67 bits per heavy atom. The SMILES string of the molecule is O=C(O)CC[n+]1cccc2c1C(=O)C(=O)c1ncccc1-2. The molecular weight excluding hydrogens is 272 g/mol. The number of rotatable bonds is 3. The van der Waals surface area contributed by atoms with Gasteiger partial charge in [-0.05, 0) is 12.1 Å². The second kappa shape index (κ2) is 4.90. The summed E-state index contributed by atoms with van der Waals surface area (Å²) in [6.45, 7) is 0.132. The second-order valence-corrected chi connectivity index (χ2v) is 4.67. The van der Waals surface area contributed by atoms with Crippen LogP contribution in [0.1, 0.15) is 27.4 Å². The van der Waals surface area contributed by atoms with Gasteiger partial charge in [-0.2, -0.15) is 4.57 Å². The third kappa shape index (κ3) is 2.10. The first kappa shape index (κ1) is 13.1. The van der Waals surface area contributed by atoms with Crippen molar-refractivity contribution in [2.45, 2.75) is 13.0 Å². The lowest BCUT2D eigenvalue weighted by molar-refractivity contribution is -0.697. The molecule has 0 aromatic carbocycles. The van der Waals surface area contributed by atoms with E-state index >= 15 is 0 Å². The highest BCUT2D eigenvalue weighted by atomic mass is 16.4. The lowest BCUT2D eigenvalue weighted by atomic mass is 9.90. The normalized spacial score (nSPS) is 12.8. The number of aliphatic carboxylic acids is 1. The number of pyridine rings is 2. The Kier molecular flexibility index (Phi) is 3.06. The molecule has 104 valence electrons. The van der Waals surface area contributed by atoms with Crippen molar-refractivity contribution in [2.75, 3.05) is 0 Å². The summed E-state index contributed by atoms with van der Waals surface area (Å²) in [5, 5.41) is 8.78. The Balaban J connectivity index is 2.19. The van der Waals surface area contributed by atoms with Crippen LogP contribution >= 0.6 is 0 Å². The van der Waals surface area contributed by atoms with Gasteiger partial charge in [-0.15, -0.1) is 0 Å². The van der Waals surface area contributed by atoms with Gasteiger partial charge >= 0.3 is 5.97 Å². The topological polar surface area (TPSA) is 88.2 Å². The summed E-state index contributed by atoms with van der Waals surface area (Å²) in [5.41, 5.74) is 1.58. The lowest BCUT2D eigenvalue weighted by Crippen LogP contribution is -2.44. The molecule has 1 N–H and O–H groups in total. The third-order valence-electron chi connectivity index (χ3n) is 3.37. The van der Waals surface area contributed by atoms with E-state index in [1.165, 1.54) is 10.8 Å². The molecule has 0 fully saturated rings. The Bertz CT molecular complexity index is 783. The van der Waals surface area contributed by atoms with E-state index in [0.29, 0.717) is 11.1 Å². The minimum absolute atomic E-state index is 0.123. The number of carboxylic acids is 1. The van der Waals surface area contributed by atoms with Gasteiger partial charge in [0.15, 0.2) is 12.7 Å². The molecule has 2 aromatic rings. The van der Waals surface area contributed by atoms with Crippen molar-refractivity contribution >= 4 is 17.5 Å². The predicted octanol–water partition coefficient (Wildman–Crippen LogP) is 0.890. The standard InChI is InChI=1S/C15H10N2O4/c18-11(19)5-8-17-7-2-4-10-9-3-1-6-16-12(9)14(20)15(21)13(10)17/h1-4,6-7H,5,8H2/p+1. The molecule has 1 aliphatic rings. The maximum atomic E-state index is 12.3. The number of hydrogen-bond acceptors (Lipinski definition) is 4. The molecule has 0 atom stereocenters. The van der Waals surface area contributed by atoms with Gasteiger partial charge in [-0.3, -0.25) is 19.4 Å². The quantitative estimate of drug-likeness (QED) is 0.667. The largest absolute Gasteiger partial charge is 0.481 e. The van der Waals surface area contributed by atoms with Crippen molar-refractivity contribution in [1.82, 2.24) is 4.98 Å². The number of nitrogens with zero attached hydrogens (tertiary/aromatic N) is 2. The summed E-state index contributed by atoms with van der Waals surface area (Å²) in [6.07, 6.45) is 2.95. The van der Waals surface area contributed by atoms with Gasteiger partial charge in [0.2, 0.25) is 0 Å². The van der Waals surface area contributed by atoms with Crippen LogP contribution in [0.2, 0.25) is 0 Å². The number of ketones is 2. The Morgan fingerprint density at radius 2 is 1.90 bits per heavy atom. The number of aromatic nitrogens is 2. The highest BCUT2D eigenvalue weighted by Crippen LogP contribution is 2.29. The summed E-state index contributed by atoms with van der Waals surface area (Å²) < 4.78 is 1.51. The van der Waals surface area contributed by atoms with Crippen LogP contribution in [0.4, 0.5) is 0 Å². The zero-order chi connectivity index (χ0) is 15.0. The van der Waals surface area contributed by atoms with E-state index in [4.69, 9.17) is 5.11 Å². The fraction of sp³-hybridized carbons (Fsp3) is 0.133. The second-order valence-electron chi connectivity index (χ2n) is 4.67. The van der Waals surface area contributed by atoms with Crippen LogP contribution in [-0.2, 0) is 11.3 Å². The minimum Gasteiger partial charge on any atom is -0.481 e. The van der Waals surface area contributed by atoms with Crippen LogP contribution < -0.4 is 4.57 Å². The third-order valence-corrected chi connectivity index (χ3v) is 3.37. The number of hydrogen-bond donors (Lipinski definition) is 1. The van der Waals surface area contributed by atoms with Crippen molar-refractivity contribution in [2.24, 2.45) is 0 Å². The number of aryl methyl sites for hydroxylation is 1. The first-order chi connectivity index (χ1) is 10.1. The average molecular weight is 283 g/mol. The van der Waals surface area contributed by atoms with Crippen molar-refractivity contribution in [3.05, 3.63) is 48.0 Å². The number of fused-ring (bicyclic) bond motifs is 3. The summed E-state index contributed by atoms with van der Waals surface area (Å²) in [6, 6.07) is 6.88. The van der Waals surface area contributed by atoms with Crippen LogP contribution in [0.15, 0.2) is 36.7 Å². The van der Waals surface area contributed by atoms with Gasteiger partial charge in [-0.25, -0.2) is 0 Å². The van der Waals surface area contributed by atoms with Crippen molar-refractivity contribution in [3.8, 4) is 11.1 Å². The number of carbonyl (C=O) groups excluding carboxylic acids is 2. The van der Waals surface area contributed by atoms with Gasteiger partial charge in [-0.1, -0.05) is 6.07 Å². The van der Waals surface area contributed by atoms with Crippen LogP contribution in [0, 0.1) is 0 Å². The zero-order valence-corrected chi connectivity index (χ0v) is 10.9. The summed E-state index contributed by atoms with van der Waals surface area (Å²) in [5.74, 6) is -2.27. The van der Waals surface area contributed by atoms with E-state index in [9.17, 15) is 14.4 Å². The fourth-order valence-corrected chi connectivity index (χ4v) is 2.44. The highest BCUT2D eigenvalue weighted by Gasteiger charge is 2.38. The molecule has 0 saturated heterocycles. The monoisotopic (exact) mass is 283 g/mol. The molecular formula is C15H11N2O4+. The van der Waals surface area contributed by atoms with Crippen molar-refractivity contribution < 1.29 is 24.1 Å². The molecule has 1 aliphatic carbocycles. The molecule has 0 bridgehead atoms. The molecule has 0 spiro atoms. The van der Waals surface area contributed by atoms with E-state index in [1.54, 1.807) is 30.5 Å². The Hall–Kier alpha value is -2.89. The zero-order valence-electron chi connectivity index (χ0n) is 10.9. The number of carboxylic acid groups (broad SMARTS) is 1. The van der Waals surface area contributed by atoms with Gasteiger partial charge in [0.05, 0.1) is 5.56 Å². The first-order valence-electron chi connectivity index (χ1n) is 6.38. The van der Waals surface area contributed by atoms with E-state index < -0.39 is 17.5 Å². The molecule has 0 radical (unpaired) electrons. The average Bonchev–Trinajstić information content (AvgIpc) is 2.50. The number of Topliss-reactive ketones (excluding diaryl/α,β-unsaturated/α-hetero) is 2. The maximum Gasteiger partial charge on any atom is 0.309 e. The Labute approximate surface area is 119 Å². The van der Waals surface area contributed by atoms with E-state index in [0.717, 1.165) is 0 Å². The molecule has 3 rings (SSSR count). The molecule has 6 heteroatoms. The molecule has 2 heterocycles. The van der Waals surface area contributed by atoms with Crippen LogP contribution in [-0.4, -0.2) is 27.6 Å². The molecule has 0 saturated carbocycles. The van der Waals surface area contributed by atoms with Gasteiger partial charge in [0.1, 0.15) is 12.1 Å². The van der Waals surface area contributed by atoms with E-state index in [-0.39, 0.29) is 24.4 Å². The summed E-state index contributed by atoms with van der Waals surface area (Å²) in [7, 11) is 0. The highest BCUT2D eigenvalue weighted by molar-refractivity contribution is 6.51. The van der Waals surface area contributed by atoms with Crippen molar-refractivity contribution in [3.63, 3.8) is 0 Å². The maximum absolute atomic E-state index is 12.3. The summed E-state index contributed by atoms with van der Waals surface area (Å²) in [4.78, 5) is 39.1. The van der Waals surface area contributed by atoms with E-state index in [2.05, 4.69) is 4.98 Å². The van der Waals surface area contributed by atoms with E-state index in [1.807, 2.05) is 0 Å². The van der Waals surface area contributed by atoms with Crippen LogP contribution in [0.3, 0.4) is 0 Å². The minimum atomic E-state index is -0.961. The molecule has 0 amide bonds. The molecule has 6 nitrogen and oxygen atoms in total.